The molecule has 2 heteroatoms. The van der Waals surface area contributed by atoms with E-state index >= 15 is 0 Å². The van der Waals surface area contributed by atoms with Gasteiger partial charge in [0.2, 0.25) is 0 Å². The van der Waals surface area contributed by atoms with Gasteiger partial charge in [-0.25, -0.2) is 0 Å². The van der Waals surface area contributed by atoms with E-state index < -0.39 is 0 Å². The molecule has 2 aliphatic rings. The van der Waals surface area contributed by atoms with Crippen LogP contribution in [0, 0.1) is 11.8 Å². The van der Waals surface area contributed by atoms with Gasteiger partial charge in [-0.05, 0) is 73.6 Å². The smallest absolute Gasteiger partial charge is 0.120 e. The summed E-state index contributed by atoms with van der Waals surface area (Å²) < 4.78 is 6.20. The summed E-state index contributed by atoms with van der Waals surface area (Å²) in [5.41, 5.74) is 2.38. The summed E-state index contributed by atoms with van der Waals surface area (Å²) in [5, 5.41) is 10.1. The number of aliphatic hydroxyl groups is 1. The number of aliphatic hydroxyl groups excluding tert-OH is 1. The molecule has 20 heavy (non-hydrogen) atoms. The maximum Gasteiger partial charge on any atom is 0.120 e. The monoisotopic (exact) mass is 274 g/mol. The second kappa shape index (κ2) is 5.77. The fourth-order valence-corrected chi connectivity index (χ4v) is 3.99. The Bertz CT molecular complexity index is 458. The minimum Gasteiger partial charge on any atom is -0.490 e. The minimum atomic E-state index is -0.300. The summed E-state index contributed by atoms with van der Waals surface area (Å²) in [6.45, 7) is 4.64. The Morgan fingerprint density at radius 3 is 2.60 bits per heavy atom. The highest BCUT2D eigenvalue weighted by molar-refractivity contribution is 5.38. The highest BCUT2D eigenvalue weighted by Gasteiger charge is 2.26. The summed E-state index contributed by atoms with van der Waals surface area (Å²) in [5.74, 6) is 2.45. The Morgan fingerprint density at radius 2 is 1.85 bits per heavy atom. The van der Waals surface area contributed by atoms with Crippen LogP contribution < -0.4 is 4.74 Å². The van der Waals surface area contributed by atoms with Gasteiger partial charge in [-0.3, -0.25) is 0 Å². The molecule has 0 heterocycles. The third kappa shape index (κ3) is 3.01. The maximum atomic E-state index is 10.1. The Morgan fingerprint density at radius 1 is 1.10 bits per heavy atom. The molecule has 3 rings (SSSR count). The van der Waals surface area contributed by atoms with Gasteiger partial charge in [0, 0.05) is 0 Å². The predicted molar refractivity (Wildman–Crippen MR) is 80.9 cm³/mol. The first kappa shape index (κ1) is 13.9. The van der Waals surface area contributed by atoms with Crippen molar-refractivity contribution in [1.82, 2.24) is 0 Å². The quantitative estimate of drug-likeness (QED) is 0.873. The van der Waals surface area contributed by atoms with Crippen molar-refractivity contribution in [2.24, 2.45) is 11.8 Å². The zero-order chi connectivity index (χ0) is 14.1. The van der Waals surface area contributed by atoms with Crippen molar-refractivity contribution in [3.05, 3.63) is 29.3 Å². The summed E-state index contributed by atoms with van der Waals surface area (Å²) in [4.78, 5) is 0. The molecule has 1 N–H and O–H groups in total. The molecule has 0 aliphatic heterocycles. The van der Waals surface area contributed by atoms with Crippen LogP contribution >= 0.6 is 0 Å². The SMILES string of the molecule is CC1CC(C)CC(Oc2ccc3c(c2)[C@@H](O)CCC3)C1. The Labute approximate surface area is 122 Å². The first-order chi connectivity index (χ1) is 9.61. The molecule has 110 valence electrons. The second-order valence-corrected chi connectivity index (χ2v) is 6.93. The Balaban J connectivity index is 1.73. The van der Waals surface area contributed by atoms with E-state index in [0.717, 1.165) is 55.3 Å². The number of fused-ring (bicyclic) bond motifs is 1. The fourth-order valence-electron chi connectivity index (χ4n) is 3.99. The van der Waals surface area contributed by atoms with E-state index in [1.54, 1.807) is 0 Å². The second-order valence-electron chi connectivity index (χ2n) is 6.93. The standard InChI is InChI=1S/C18H26O2/c1-12-8-13(2)10-16(9-12)20-15-7-6-14-4-3-5-18(19)17(14)11-15/h6-7,11-13,16,18-19H,3-5,8-10H2,1-2H3/t12?,13?,16?,18-/m0/s1. The van der Waals surface area contributed by atoms with Gasteiger partial charge in [-0.2, -0.15) is 0 Å². The van der Waals surface area contributed by atoms with Crippen molar-refractivity contribution < 1.29 is 9.84 Å². The molecule has 1 fully saturated rings. The van der Waals surface area contributed by atoms with Crippen molar-refractivity contribution in [1.29, 1.82) is 0 Å². The van der Waals surface area contributed by atoms with Crippen LogP contribution in [0.25, 0.3) is 0 Å². The van der Waals surface area contributed by atoms with Gasteiger partial charge in [0.25, 0.3) is 0 Å². The molecule has 1 aromatic rings. The molecule has 0 spiro atoms. The molecule has 0 saturated heterocycles. The molecule has 0 radical (unpaired) electrons. The number of aryl methyl sites for hydroxylation is 1. The first-order valence-corrected chi connectivity index (χ1v) is 8.09. The normalized spacial score (nSPS) is 33.5. The number of hydrogen-bond donors (Lipinski definition) is 1. The highest BCUT2D eigenvalue weighted by atomic mass is 16.5. The molecule has 1 aromatic carbocycles. The summed E-state index contributed by atoms with van der Waals surface area (Å²) in [6.07, 6.45) is 6.74. The third-order valence-corrected chi connectivity index (χ3v) is 4.84. The van der Waals surface area contributed by atoms with Crippen molar-refractivity contribution in [2.75, 3.05) is 0 Å². The predicted octanol–water partition coefficient (Wildman–Crippen LogP) is 4.26. The fraction of sp³-hybridized carbons (Fsp3) is 0.667. The molecule has 2 nitrogen and oxygen atoms in total. The summed E-state index contributed by atoms with van der Waals surface area (Å²) >= 11 is 0. The van der Waals surface area contributed by atoms with Crippen molar-refractivity contribution in [3.8, 4) is 5.75 Å². The van der Waals surface area contributed by atoms with E-state index in [0.29, 0.717) is 6.10 Å². The van der Waals surface area contributed by atoms with Gasteiger partial charge >= 0.3 is 0 Å². The number of hydrogen-bond acceptors (Lipinski definition) is 2. The Hall–Kier alpha value is -1.02. The molecule has 1 saturated carbocycles. The van der Waals surface area contributed by atoms with Gasteiger partial charge in [0.1, 0.15) is 5.75 Å². The zero-order valence-corrected chi connectivity index (χ0v) is 12.6. The van der Waals surface area contributed by atoms with Crippen molar-refractivity contribution >= 4 is 0 Å². The molecule has 3 atom stereocenters. The van der Waals surface area contributed by atoms with Crippen LogP contribution in [-0.4, -0.2) is 11.2 Å². The van der Waals surface area contributed by atoms with Gasteiger partial charge < -0.3 is 9.84 Å². The maximum absolute atomic E-state index is 10.1. The summed E-state index contributed by atoms with van der Waals surface area (Å²) in [7, 11) is 0. The topological polar surface area (TPSA) is 29.5 Å². The molecule has 0 aromatic heterocycles. The Kier molecular flexibility index (Phi) is 4.02. The lowest BCUT2D eigenvalue weighted by Gasteiger charge is -2.32. The van der Waals surface area contributed by atoms with E-state index in [-0.39, 0.29) is 6.10 Å². The van der Waals surface area contributed by atoms with Crippen LogP contribution in [0.5, 0.6) is 5.75 Å². The van der Waals surface area contributed by atoms with E-state index in [1.807, 2.05) is 0 Å². The molecule has 0 amide bonds. The van der Waals surface area contributed by atoms with Crippen molar-refractivity contribution in [2.45, 2.75) is 64.6 Å². The van der Waals surface area contributed by atoms with E-state index in [2.05, 4.69) is 32.0 Å². The average molecular weight is 274 g/mol. The van der Waals surface area contributed by atoms with E-state index in [9.17, 15) is 5.11 Å². The minimum absolute atomic E-state index is 0.300. The van der Waals surface area contributed by atoms with Crippen LogP contribution in [0.4, 0.5) is 0 Å². The van der Waals surface area contributed by atoms with Gasteiger partial charge in [0.15, 0.2) is 0 Å². The van der Waals surface area contributed by atoms with E-state index in [4.69, 9.17) is 4.74 Å². The van der Waals surface area contributed by atoms with Gasteiger partial charge in [-0.15, -0.1) is 0 Å². The van der Waals surface area contributed by atoms with Gasteiger partial charge in [0.05, 0.1) is 12.2 Å². The third-order valence-electron chi connectivity index (χ3n) is 4.84. The van der Waals surface area contributed by atoms with Crippen LogP contribution in [0.15, 0.2) is 18.2 Å². The lowest BCUT2D eigenvalue weighted by molar-refractivity contribution is 0.100. The molecule has 2 unspecified atom stereocenters. The van der Waals surface area contributed by atoms with Gasteiger partial charge in [-0.1, -0.05) is 19.9 Å². The first-order valence-electron chi connectivity index (χ1n) is 8.09. The number of ether oxygens (including phenoxy) is 1. The molecule has 0 bridgehead atoms. The van der Waals surface area contributed by atoms with Crippen LogP contribution in [0.1, 0.15) is 63.2 Å². The zero-order valence-electron chi connectivity index (χ0n) is 12.6. The van der Waals surface area contributed by atoms with Crippen LogP contribution in [0.3, 0.4) is 0 Å². The largest absolute Gasteiger partial charge is 0.490 e. The van der Waals surface area contributed by atoms with Crippen LogP contribution in [-0.2, 0) is 6.42 Å². The highest BCUT2D eigenvalue weighted by Crippen LogP contribution is 2.35. The molecule has 2 aliphatic carbocycles. The van der Waals surface area contributed by atoms with E-state index in [1.165, 1.54) is 12.0 Å². The van der Waals surface area contributed by atoms with Crippen LogP contribution in [0.2, 0.25) is 0 Å². The lowest BCUT2D eigenvalue weighted by atomic mass is 9.82. The lowest BCUT2D eigenvalue weighted by Crippen LogP contribution is -2.28. The number of benzene rings is 1. The number of rotatable bonds is 2. The summed E-state index contributed by atoms with van der Waals surface area (Å²) in [6, 6.07) is 6.30. The van der Waals surface area contributed by atoms with Crippen molar-refractivity contribution in [3.63, 3.8) is 0 Å². The average Bonchev–Trinajstić information content (AvgIpc) is 2.38. The molecular formula is C18H26O2. The molecular weight excluding hydrogens is 248 g/mol.